The highest BCUT2D eigenvalue weighted by molar-refractivity contribution is 5.36. The SMILES string of the molecule is O[C@@H]1Cc2ccccc2C1NCC[C@@]1(c2ccccn2)CCOC2(CCCC2)C1. The molecule has 1 unspecified atom stereocenters. The highest BCUT2D eigenvalue weighted by Gasteiger charge is 2.48. The van der Waals surface area contributed by atoms with Crippen molar-refractivity contribution in [3.63, 3.8) is 0 Å². The van der Waals surface area contributed by atoms with E-state index < -0.39 is 0 Å². The first-order chi connectivity index (χ1) is 14.2. The fraction of sp³-hybridized carbons (Fsp3) is 0.560. The van der Waals surface area contributed by atoms with E-state index in [0.717, 1.165) is 38.8 Å². The molecule has 0 radical (unpaired) electrons. The van der Waals surface area contributed by atoms with Crippen LogP contribution in [0.15, 0.2) is 48.7 Å². The van der Waals surface area contributed by atoms with E-state index in [-0.39, 0.29) is 23.2 Å². The molecule has 0 bridgehead atoms. The number of rotatable bonds is 5. The molecule has 2 aromatic rings. The maximum atomic E-state index is 10.6. The van der Waals surface area contributed by atoms with E-state index in [1.807, 2.05) is 12.3 Å². The van der Waals surface area contributed by atoms with Gasteiger partial charge in [-0.05, 0) is 61.9 Å². The van der Waals surface area contributed by atoms with E-state index in [0.29, 0.717) is 0 Å². The van der Waals surface area contributed by atoms with Gasteiger partial charge in [-0.15, -0.1) is 0 Å². The van der Waals surface area contributed by atoms with Crippen LogP contribution in [0.4, 0.5) is 0 Å². The summed E-state index contributed by atoms with van der Waals surface area (Å²) in [5.74, 6) is 0. The smallest absolute Gasteiger partial charge is 0.0775 e. The van der Waals surface area contributed by atoms with Gasteiger partial charge in [0.15, 0.2) is 0 Å². The molecule has 2 heterocycles. The molecule has 4 nitrogen and oxygen atoms in total. The van der Waals surface area contributed by atoms with Crippen molar-refractivity contribution in [1.82, 2.24) is 10.3 Å². The Bertz CT molecular complexity index is 834. The van der Waals surface area contributed by atoms with Crippen molar-refractivity contribution in [1.29, 1.82) is 0 Å². The summed E-state index contributed by atoms with van der Waals surface area (Å²) >= 11 is 0. The van der Waals surface area contributed by atoms with Gasteiger partial charge in [0.25, 0.3) is 0 Å². The predicted molar refractivity (Wildman–Crippen MR) is 114 cm³/mol. The third-order valence-corrected chi connectivity index (χ3v) is 7.54. The van der Waals surface area contributed by atoms with E-state index in [4.69, 9.17) is 9.72 Å². The lowest BCUT2D eigenvalue weighted by Gasteiger charge is -2.46. The van der Waals surface area contributed by atoms with Crippen LogP contribution in [-0.4, -0.2) is 34.9 Å². The zero-order valence-corrected chi connectivity index (χ0v) is 17.1. The first kappa shape index (κ1) is 19.2. The number of aliphatic hydroxyl groups excluding tert-OH is 1. The normalized spacial score (nSPS) is 30.5. The highest BCUT2D eigenvalue weighted by atomic mass is 16.5. The quantitative estimate of drug-likeness (QED) is 0.805. The fourth-order valence-corrected chi connectivity index (χ4v) is 6.08. The lowest BCUT2D eigenvalue weighted by Crippen LogP contribution is -2.47. The van der Waals surface area contributed by atoms with Gasteiger partial charge in [-0.3, -0.25) is 4.98 Å². The van der Waals surface area contributed by atoms with Gasteiger partial charge in [0.2, 0.25) is 0 Å². The Morgan fingerprint density at radius 3 is 2.72 bits per heavy atom. The number of ether oxygens (including phenoxy) is 1. The van der Waals surface area contributed by atoms with Crippen molar-refractivity contribution >= 4 is 0 Å². The summed E-state index contributed by atoms with van der Waals surface area (Å²) in [6, 6.07) is 14.8. The van der Waals surface area contributed by atoms with Gasteiger partial charge >= 0.3 is 0 Å². The van der Waals surface area contributed by atoms with Crippen molar-refractivity contribution in [3.05, 3.63) is 65.5 Å². The minimum Gasteiger partial charge on any atom is -0.391 e. The molecule has 154 valence electrons. The van der Waals surface area contributed by atoms with Gasteiger partial charge < -0.3 is 15.2 Å². The Balaban J connectivity index is 1.35. The van der Waals surface area contributed by atoms with Gasteiger partial charge in [-0.2, -0.15) is 0 Å². The number of aromatic nitrogens is 1. The molecule has 5 rings (SSSR count). The third kappa shape index (κ3) is 3.63. The number of hydrogen-bond donors (Lipinski definition) is 2. The van der Waals surface area contributed by atoms with Crippen LogP contribution in [0.3, 0.4) is 0 Å². The van der Waals surface area contributed by atoms with Gasteiger partial charge in [0, 0.05) is 30.3 Å². The van der Waals surface area contributed by atoms with Gasteiger partial charge in [0.1, 0.15) is 0 Å². The number of nitrogens with zero attached hydrogens (tertiary/aromatic N) is 1. The van der Waals surface area contributed by atoms with Crippen LogP contribution in [0, 0.1) is 0 Å². The summed E-state index contributed by atoms with van der Waals surface area (Å²) in [6.45, 7) is 1.70. The molecule has 2 aliphatic carbocycles. The molecule has 1 aromatic carbocycles. The molecular weight excluding hydrogens is 360 g/mol. The minimum atomic E-state index is -0.339. The van der Waals surface area contributed by atoms with E-state index in [1.165, 1.54) is 42.5 Å². The summed E-state index contributed by atoms with van der Waals surface area (Å²) in [6.07, 6.45) is 10.4. The van der Waals surface area contributed by atoms with E-state index in [9.17, 15) is 5.11 Å². The van der Waals surface area contributed by atoms with Crippen molar-refractivity contribution < 1.29 is 9.84 Å². The van der Waals surface area contributed by atoms with Crippen LogP contribution in [0.1, 0.15) is 67.8 Å². The monoisotopic (exact) mass is 392 g/mol. The number of nitrogens with one attached hydrogen (secondary N) is 1. The lowest BCUT2D eigenvalue weighted by molar-refractivity contribution is -0.104. The molecule has 2 fully saturated rings. The Morgan fingerprint density at radius 1 is 1.07 bits per heavy atom. The Labute approximate surface area is 173 Å². The number of fused-ring (bicyclic) bond motifs is 1. The summed E-state index contributed by atoms with van der Waals surface area (Å²) in [5, 5.41) is 14.3. The van der Waals surface area contributed by atoms with Crippen molar-refractivity contribution in [2.45, 2.75) is 74.5 Å². The topological polar surface area (TPSA) is 54.4 Å². The molecule has 1 aliphatic heterocycles. The van der Waals surface area contributed by atoms with Crippen molar-refractivity contribution in [2.75, 3.05) is 13.2 Å². The summed E-state index contributed by atoms with van der Waals surface area (Å²) in [7, 11) is 0. The molecule has 1 saturated heterocycles. The van der Waals surface area contributed by atoms with Crippen LogP contribution in [0.2, 0.25) is 0 Å². The predicted octanol–water partition coefficient (Wildman–Crippen LogP) is 4.08. The van der Waals surface area contributed by atoms with E-state index in [2.05, 4.69) is 41.7 Å². The van der Waals surface area contributed by atoms with Crippen molar-refractivity contribution in [2.24, 2.45) is 0 Å². The molecule has 29 heavy (non-hydrogen) atoms. The highest BCUT2D eigenvalue weighted by Crippen LogP contribution is 2.49. The average Bonchev–Trinajstić information content (AvgIpc) is 3.33. The number of aliphatic hydroxyl groups is 1. The summed E-state index contributed by atoms with van der Waals surface area (Å²) in [4.78, 5) is 4.80. The van der Waals surface area contributed by atoms with Gasteiger partial charge in [-0.25, -0.2) is 0 Å². The third-order valence-electron chi connectivity index (χ3n) is 7.54. The average molecular weight is 393 g/mol. The second-order valence-electron chi connectivity index (χ2n) is 9.31. The van der Waals surface area contributed by atoms with Crippen LogP contribution >= 0.6 is 0 Å². The molecule has 4 heteroatoms. The van der Waals surface area contributed by atoms with Crippen molar-refractivity contribution in [3.8, 4) is 0 Å². The number of pyridine rings is 1. The van der Waals surface area contributed by atoms with E-state index >= 15 is 0 Å². The standard InChI is InChI=1S/C25H32N2O2/c28-21-17-19-7-1-2-8-20(19)23(21)27-15-12-24(22-9-3-6-14-26-22)13-16-29-25(18-24)10-4-5-11-25/h1-3,6-9,14,21,23,27-28H,4-5,10-13,15-18H2/t21-,23?,24-/m1/s1. The van der Waals surface area contributed by atoms with Crippen LogP contribution in [0.25, 0.3) is 0 Å². The Hall–Kier alpha value is -1.75. The molecule has 1 spiro atoms. The Kier molecular flexibility index (Phi) is 5.19. The first-order valence-corrected chi connectivity index (χ1v) is 11.2. The zero-order chi connectivity index (χ0) is 19.7. The molecule has 2 N–H and O–H groups in total. The van der Waals surface area contributed by atoms with E-state index in [1.54, 1.807) is 0 Å². The summed E-state index contributed by atoms with van der Waals surface area (Å²) in [5.41, 5.74) is 3.85. The van der Waals surface area contributed by atoms with Crippen LogP contribution < -0.4 is 5.32 Å². The molecule has 1 saturated carbocycles. The molecule has 0 amide bonds. The fourth-order valence-electron chi connectivity index (χ4n) is 6.08. The molecular formula is C25H32N2O2. The second-order valence-corrected chi connectivity index (χ2v) is 9.31. The Morgan fingerprint density at radius 2 is 1.90 bits per heavy atom. The summed E-state index contributed by atoms with van der Waals surface area (Å²) < 4.78 is 6.36. The van der Waals surface area contributed by atoms with Gasteiger partial charge in [-0.1, -0.05) is 43.2 Å². The molecule has 3 atom stereocenters. The lowest BCUT2D eigenvalue weighted by atomic mass is 9.68. The largest absolute Gasteiger partial charge is 0.391 e. The zero-order valence-electron chi connectivity index (χ0n) is 17.1. The van der Waals surface area contributed by atoms with Crippen LogP contribution in [0.5, 0.6) is 0 Å². The molecule has 3 aliphatic rings. The van der Waals surface area contributed by atoms with Crippen LogP contribution in [-0.2, 0) is 16.6 Å². The minimum absolute atomic E-state index is 0.0345. The maximum Gasteiger partial charge on any atom is 0.0775 e. The number of benzene rings is 1. The first-order valence-electron chi connectivity index (χ1n) is 11.2. The maximum absolute atomic E-state index is 10.6. The number of hydrogen-bond acceptors (Lipinski definition) is 4. The molecule has 1 aromatic heterocycles. The second kappa shape index (κ2) is 7.82. The van der Waals surface area contributed by atoms with Gasteiger partial charge in [0.05, 0.1) is 17.7 Å².